The van der Waals surface area contributed by atoms with Crippen LogP contribution in [0.1, 0.15) is 5.69 Å². The van der Waals surface area contributed by atoms with Gasteiger partial charge in [0.25, 0.3) is 5.56 Å². The van der Waals surface area contributed by atoms with E-state index >= 15 is 0 Å². The van der Waals surface area contributed by atoms with Crippen LogP contribution in [0.3, 0.4) is 0 Å². The van der Waals surface area contributed by atoms with Crippen molar-refractivity contribution in [2.45, 2.75) is 6.92 Å². The average Bonchev–Trinajstić information content (AvgIpc) is 2.12. The number of aromatic nitrogens is 2. The third kappa shape index (κ3) is 1.10. The maximum Gasteiger partial charge on any atom is 0.258 e. The van der Waals surface area contributed by atoms with E-state index in [2.05, 4.69) is 4.98 Å². The van der Waals surface area contributed by atoms with Crippen LogP contribution in [0.2, 0.25) is 0 Å². The lowest BCUT2D eigenvalue weighted by Crippen LogP contribution is -2.14. The number of nitrogen functional groups attached to an aromatic ring is 1. The minimum absolute atomic E-state index is 0.159. The van der Waals surface area contributed by atoms with Gasteiger partial charge in [0.2, 0.25) is 0 Å². The number of hydrogen-bond donors (Lipinski definition) is 2. The Morgan fingerprint density at radius 3 is 3.00 bits per heavy atom. The lowest BCUT2D eigenvalue weighted by molar-refractivity contribution is 0.479. The summed E-state index contributed by atoms with van der Waals surface area (Å²) in [5.74, 6) is -0.159. The summed E-state index contributed by atoms with van der Waals surface area (Å²) in [4.78, 5) is 15.5. The van der Waals surface area contributed by atoms with Crippen LogP contribution in [-0.2, 0) is 0 Å². The summed E-state index contributed by atoms with van der Waals surface area (Å²) in [7, 11) is 0. The van der Waals surface area contributed by atoms with E-state index in [4.69, 9.17) is 5.73 Å². The van der Waals surface area contributed by atoms with Gasteiger partial charge in [0, 0.05) is 18.0 Å². The Bertz CT molecular complexity index is 560. The van der Waals surface area contributed by atoms with Gasteiger partial charge in [-0.25, -0.2) is 4.98 Å². The summed E-state index contributed by atoms with van der Waals surface area (Å²) in [5, 5.41) is 9.56. The molecule has 0 saturated heterocycles. The summed E-state index contributed by atoms with van der Waals surface area (Å²) >= 11 is 0. The maximum atomic E-state index is 11.4. The second-order valence-electron chi connectivity index (χ2n) is 3.05. The molecular formula is C9H9N3O2. The summed E-state index contributed by atoms with van der Waals surface area (Å²) in [5.41, 5.74) is 6.20. The Morgan fingerprint density at radius 1 is 1.57 bits per heavy atom. The number of anilines is 1. The lowest BCUT2D eigenvalue weighted by Gasteiger charge is -2.04. The van der Waals surface area contributed by atoms with E-state index in [1.165, 1.54) is 22.7 Å². The van der Waals surface area contributed by atoms with Crippen molar-refractivity contribution in [2.75, 3.05) is 5.73 Å². The summed E-state index contributed by atoms with van der Waals surface area (Å²) in [6, 6.07) is 2.85. The van der Waals surface area contributed by atoms with Gasteiger partial charge in [0.15, 0.2) is 11.4 Å². The molecule has 0 unspecified atom stereocenters. The van der Waals surface area contributed by atoms with E-state index in [0.29, 0.717) is 5.69 Å². The third-order valence-electron chi connectivity index (χ3n) is 1.97. The first-order valence-electron chi connectivity index (χ1n) is 4.07. The molecule has 0 aliphatic carbocycles. The monoisotopic (exact) mass is 191 g/mol. The number of aryl methyl sites for hydroxylation is 1. The van der Waals surface area contributed by atoms with Crippen molar-refractivity contribution in [2.24, 2.45) is 0 Å². The molecule has 0 radical (unpaired) electrons. The van der Waals surface area contributed by atoms with Crippen molar-refractivity contribution >= 4 is 11.3 Å². The second-order valence-corrected chi connectivity index (χ2v) is 3.05. The summed E-state index contributed by atoms with van der Waals surface area (Å²) < 4.78 is 1.25. The zero-order valence-electron chi connectivity index (χ0n) is 7.56. The molecule has 0 aromatic carbocycles. The molecule has 0 spiro atoms. The number of hydrogen-bond acceptors (Lipinski definition) is 4. The molecule has 0 atom stereocenters. The second kappa shape index (κ2) is 2.73. The Kier molecular flexibility index (Phi) is 1.67. The number of fused-ring (bicyclic) bond motifs is 1. The molecule has 14 heavy (non-hydrogen) atoms. The molecule has 0 saturated carbocycles. The summed E-state index contributed by atoms with van der Waals surface area (Å²) in [6.07, 6.45) is 1.49. The smallest absolute Gasteiger partial charge is 0.258 e. The van der Waals surface area contributed by atoms with Crippen molar-refractivity contribution in [3.63, 3.8) is 0 Å². The van der Waals surface area contributed by atoms with Gasteiger partial charge in [-0.15, -0.1) is 0 Å². The first-order valence-corrected chi connectivity index (χ1v) is 4.07. The van der Waals surface area contributed by atoms with Gasteiger partial charge >= 0.3 is 0 Å². The van der Waals surface area contributed by atoms with E-state index in [1.54, 1.807) is 6.92 Å². The molecule has 0 aliphatic heterocycles. The highest BCUT2D eigenvalue weighted by Crippen LogP contribution is 2.22. The molecule has 2 aromatic heterocycles. The number of nitrogens with zero attached hydrogens (tertiary/aromatic N) is 2. The van der Waals surface area contributed by atoms with Crippen molar-refractivity contribution in [3.05, 3.63) is 34.4 Å². The largest absolute Gasteiger partial charge is 0.503 e. The average molecular weight is 191 g/mol. The normalized spacial score (nSPS) is 10.6. The molecule has 5 nitrogen and oxygen atoms in total. The number of nitrogens with two attached hydrogens (primary N) is 1. The molecule has 0 aliphatic rings. The fraction of sp³-hybridized carbons (Fsp3) is 0.111. The topological polar surface area (TPSA) is 80.6 Å². The predicted molar refractivity (Wildman–Crippen MR) is 52.3 cm³/mol. The quantitative estimate of drug-likeness (QED) is 0.627. The number of pyridine rings is 1. The Balaban J connectivity index is 3.03. The highest BCUT2D eigenvalue weighted by atomic mass is 16.3. The van der Waals surface area contributed by atoms with Crippen LogP contribution in [0.4, 0.5) is 5.69 Å². The van der Waals surface area contributed by atoms with Gasteiger partial charge in [-0.1, -0.05) is 0 Å². The van der Waals surface area contributed by atoms with Crippen molar-refractivity contribution in [3.8, 4) is 5.75 Å². The van der Waals surface area contributed by atoms with Gasteiger partial charge in [0.05, 0.1) is 5.69 Å². The number of rotatable bonds is 0. The molecule has 2 aromatic rings. The van der Waals surface area contributed by atoms with E-state index in [0.717, 1.165) is 0 Å². The van der Waals surface area contributed by atoms with Gasteiger partial charge in [-0.05, 0) is 13.0 Å². The third-order valence-corrected chi connectivity index (χ3v) is 1.97. The molecule has 0 bridgehead atoms. The zero-order valence-corrected chi connectivity index (χ0v) is 7.56. The molecule has 5 heteroatoms. The van der Waals surface area contributed by atoms with Crippen LogP contribution >= 0.6 is 0 Å². The first-order chi connectivity index (χ1) is 6.59. The minimum atomic E-state index is -0.234. The minimum Gasteiger partial charge on any atom is -0.503 e. The van der Waals surface area contributed by atoms with E-state index in [1.807, 2.05) is 0 Å². The maximum absolute atomic E-state index is 11.4. The molecular weight excluding hydrogens is 182 g/mol. The summed E-state index contributed by atoms with van der Waals surface area (Å²) in [6.45, 7) is 1.68. The molecule has 2 heterocycles. The SMILES string of the molecule is Cc1cc(=O)n2ccc(N)c(O)c2n1. The van der Waals surface area contributed by atoms with Crippen molar-refractivity contribution in [1.29, 1.82) is 0 Å². The molecule has 0 amide bonds. The molecule has 2 rings (SSSR count). The van der Waals surface area contributed by atoms with Crippen LogP contribution in [0.5, 0.6) is 5.75 Å². The Labute approximate surface area is 79.4 Å². The predicted octanol–water partition coefficient (Wildman–Crippen LogP) is 0.291. The zero-order chi connectivity index (χ0) is 10.3. The molecule has 0 fully saturated rings. The Hall–Kier alpha value is -2.04. The van der Waals surface area contributed by atoms with Gasteiger partial charge in [0.1, 0.15) is 0 Å². The lowest BCUT2D eigenvalue weighted by atomic mass is 10.3. The van der Waals surface area contributed by atoms with Crippen LogP contribution in [0.15, 0.2) is 23.1 Å². The fourth-order valence-corrected chi connectivity index (χ4v) is 1.28. The fourth-order valence-electron chi connectivity index (χ4n) is 1.28. The van der Waals surface area contributed by atoms with E-state index < -0.39 is 0 Å². The molecule has 3 N–H and O–H groups in total. The van der Waals surface area contributed by atoms with Gasteiger partial charge in [-0.2, -0.15) is 0 Å². The first kappa shape index (κ1) is 8.55. The van der Waals surface area contributed by atoms with Gasteiger partial charge in [-0.3, -0.25) is 9.20 Å². The van der Waals surface area contributed by atoms with Crippen LogP contribution in [0, 0.1) is 6.92 Å². The van der Waals surface area contributed by atoms with Crippen LogP contribution < -0.4 is 11.3 Å². The van der Waals surface area contributed by atoms with Crippen LogP contribution in [0.25, 0.3) is 5.65 Å². The van der Waals surface area contributed by atoms with Crippen LogP contribution in [-0.4, -0.2) is 14.5 Å². The van der Waals surface area contributed by atoms with Gasteiger partial charge < -0.3 is 10.8 Å². The molecule has 72 valence electrons. The Morgan fingerprint density at radius 2 is 2.29 bits per heavy atom. The standard InChI is InChI=1S/C9H9N3O2/c1-5-4-7(13)12-3-2-6(10)8(14)9(12)11-5/h2-4,14H,10H2,1H3. The van der Waals surface area contributed by atoms with Crippen molar-refractivity contribution < 1.29 is 5.11 Å². The number of aromatic hydroxyl groups is 1. The van der Waals surface area contributed by atoms with E-state index in [-0.39, 0.29) is 22.6 Å². The van der Waals surface area contributed by atoms with E-state index in [9.17, 15) is 9.90 Å². The van der Waals surface area contributed by atoms with Crippen molar-refractivity contribution in [1.82, 2.24) is 9.38 Å². The highest BCUT2D eigenvalue weighted by molar-refractivity contribution is 5.66. The highest BCUT2D eigenvalue weighted by Gasteiger charge is 2.06.